The normalized spacial score (nSPS) is 10.0. The van der Waals surface area contributed by atoms with E-state index in [1.54, 1.807) is 12.1 Å². The molecule has 0 aliphatic heterocycles. The van der Waals surface area contributed by atoms with Gasteiger partial charge in [0.2, 0.25) is 5.91 Å². The van der Waals surface area contributed by atoms with E-state index >= 15 is 0 Å². The molecule has 2 N–H and O–H groups in total. The smallest absolute Gasteiger partial charge is 0.243 e. The topological polar surface area (TPSA) is 41.1 Å². The molecule has 98 valence electrons. The third kappa shape index (κ3) is 4.51. The summed E-state index contributed by atoms with van der Waals surface area (Å²) in [5.41, 5.74) is 1.32. The predicted octanol–water partition coefficient (Wildman–Crippen LogP) is 3.48. The first kappa shape index (κ1) is 13.8. The summed E-state index contributed by atoms with van der Waals surface area (Å²) < 4.78 is 14.0. The zero-order chi connectivity index (χ0) is 13.7. The van der Waals surface area contributed by atoms with Gasteiger partial charge in [0, 0.05) is 14.9 Å². The lowest BCUT2D eigenvalue weighted by atomic mass is 10.3. The number of nitrogens with one attached hydrogen (secondary N) is 2. The molecule has 0 heterocycles. The summed E-state index contributed by atoms with van der Waals surface area (Å²) in [4.78, 5) is 11.7. The second kappa shape index (κ2) is 6.51. The molecular weight excluding hydrogens is 358 g/mol. The van der Waals surface area contributed by atoms with Gasteiger partial charge in [-0.25, -0.2) is 4.39 Å². The van der Waals surface area contributed by atoms with Gasteiger partial charge in [-0.3, -0.25) is 4.79 Å². The molecule has 0 fully saturated rings. The van der Waals surface area contributed by atoms with Crippen LogP contribution in [0.15, 0.2) is 48.5 Å². The highest BCUT2D eigenvalue weighted by atomic mass is 127. The van der Waals surface area contributed by atoms with Gasteiger partial charge in [0.25, 0.3) is 0 Å². The van der Waals surface area contributed by atoms with Crippen molar-refractivity contribution in [1.82, 2.24) is 0 Å². The van der Waals surface area contributed by atoms with Gasteiger partial charge >= 0.3 is 0 Å². The van der Waals surface area contributed by atoms with Crippen molar-refractivity contribution in [3.8, 4) is 0 Å². The number of hydrogen-bond donors (Lipinski definition) is 2. The molecule has 0 spiro atoms. The van der Waals surface area contributed by atoms with Gasteiger partial charge in [-0.2, -0.15) is 0 Å². The summed E-state index contributed by atoms with van der Waals surface area (Å²) in [6.45, 7) is 0.0927. The van der Waals surface area contributed by atoms with Crippen molar-refractivity contribution in [2.75, 3.05) is 17.2 Å². The van der Waals surface area contributed by atoms with E-state index in [-0.39, 0.29) is 18.3 Å². The lowest BCUT2D eigenvalue weighted by molar-refractivity contribution is -0.114. The Morgan fingerprint density at radius 3 is 2.53 bits per heavy atom. The molecule has 0 radical (unpaired) electrons. The van der Waals surface area contributed by atoms with Crippen LogP contribution in [0.25, 0.3) is 0 Å². The van der Waals surface area contributed by atoms with E-state index in [9.17, 15) is 9.18 Å². The number of benzene rings is 2. The third-order valence-electron chi connectivity index (χ3n) is 2.41. The van der Waals surface area contributed by atoms with Crippen LogP contribution in [0.3, 0.4) is 0 Å². The van der Waals surface area contributed by atoms with E-state index < -0.39 is 0 Å². The van der Waals surface area contributed by atoms with Crippen molar-refractivity contribution in [2.24, 2.45) is 0 Å². The highest BCUT2D eigenvalue weighted by Gasteiger charge is 2.02. The summed E-state index contributed by atoms with van der Waals surface area (Å²) in [5.74, 6) is -0.506. The third-order valence-corrected chi connectivity index (χ3v) is 3.12. The molecule has 0 atom stereocenters. The standard InChI is InChI=1S/C14H12FIN2O/c15-10-2-1-3-13(8-10)17-9-14(19)18-12-6-4-11(16)5-7-12/h1-8,17H,9H2,(H,18,19). The number of anilines is 2. The highest BCUT2D eigenvalue weighted by Crippen LogP contribution is 2.11. The van der Waals surface area contributed by atoms with Crippen molar-refractivity contribution in [3.63, 3.8) is 0 Å². The summed E-state index contributed by atoms with van der Waals surface area (Å²) in [7, 11) is 0. The van der Waals surface area contributed by atoms with Gasteiger partial charge in [-0.15, -0.1) is 0 Å². The van der Waals surface area contributed by atoms with Gasteiger partial charge in [-0.05, 0) is 65.1 Å². The van der Waals surface area contributed by atoms with Crippen LogP contribution < -0.4 is 10.6 Å². The van der Waals surface area contributed by atoms with E-state index in [1.165, 1.54) is 12.1 Å². The van der Waals surface area contributed by atoms with Crippen molar-refractivity contribution in [3.05, 3.63) is 57.9 Å². The van der Waals surface area contributed by atoms with E-state index in [0.29, 0.717) is 5.69 Å². The summed E-state index contributed by atoms with van der Waals surface area (Å²) >= 11 is 2.20. The molecule has 0 unspecified atom stereocenters. The van der Waals surface area contributed by atoms with Crippen molar-refractivity contribution < 1.29 is 9.18 Å². The number of halogens is 2. The maximum atomic E-state index is 12.9. The molecular formula is C14H12FIN2O. The van der Waals surface area contributed by atoms with Crippen molar-refractivity contribution in [1.29, 1.82) is 0 Å². The Hall–Kier alpha value is -1.63. The maximum Gasteiger partial charge on any atom is 0.243 e. The number of hydrogen-bond acceptors (Lipinski definition) is 2. The maximum absolute atomic E-state index is 12.9. The molecule has 2 rings (SSSR count). The van der Waals surface area contributed by atoms with Crippen LogP contribution in [0.4, 0.5) is 15.8 Å². The quantitative estimate of drug-likeness (QED) is 0.810. The van der Waals surface area contributed by atoms with Crippen molar-refractivity contribution >= 4 is 39.9 Å². The Balaban J connectivity index is 1.86. The van der Waals surface area contributed by atoms with Gasteiger partial charge < -0.3 is 10.6 Å². The lowest BCUT2D eigenvalue weighted by Crippen LogP contribution is -2.21. The Kier molecular flexibility index (Phi) is 4.73. The molecule has 0 aromatic heterocycles. The van der Waals surface area contributed by atoms with Crippen LogP contribution in [-0.2, 0) is 4.79 Å². The molecule has 0 aliphatic carbocycles. The lowest BCUT2D eigenvalue weighted by Gasteiger charge is -2.08. The first-order valence-electron chi connectivity index (χ1n) is 5.68. The molecule has 0 saturated carbocycles. The van der Waals surface area contributed by atoms with Crippen molar-refractivity contribution in [2.45, 2.75) is 0 Å². The monoisotopic (exact) mass is 370 g/mol. The first-order chi connectivity index (χ1) is 9.13. The minimum Gasteiger partial charge on any atom is -0.376 e. The molecule has 5 heteroatoms. The molecule has 0 saturated heterocycles. The Morgan fingerprint density at radius 2 is 1.84 bits per heavy atom. The fourth-order valence-corrected chi connectivity index (χ4v) is 1.88. The predicted molar refractivity (Wildman–Crippen MR) is 82.7 cm³/mol. The first-order valence-corrected chi connectivity index (χ1v) is 6.76. The molecule has 2 aromatic rings. The molecule has 2 aromatic carbocycles. The number of carbonyl (C=O) groups excluding carboxylic acids is 1. The van der Waals surface area contributed by atoms with E-state index in [0.717, 1.165) is 9.26 Å². The summed E-state index contributed by atoms with van der Waals surface area (Å²) in [5, 5.41) is 5.62. The van der Waals surface area contributed by atoms with E-state index in [1.807, 2.05) is 24.3 Å². The van der Waals surface area contributed by atoms with Gasteiger partial charge in [0.1, 0.15) is 5.82 Å². The van der Waals surface area contributed by atoms with Crippen LogP contribution >= 0.6 is 22.6 Å². The van der Waals surface area contributed by atoms with Crippen LogP contribution in [0.2, 0.25) is 0 Å². The molecule has 0 bridgehead atoms. The van der Waals surface area contributed by atoms with E-state index in [2.05, 4.69) is 33.2 Å². The molecule has 0 aliphatic rings. The summed E-state index contributed by atoms with van der Waals surface area (Å²) in [6.07, 6.45) is 0. The zero-order valence-corrected chi connectivity index (χ0v) is 12.1. The van der Waals surface area contributed by atoms with Crippen LogP contribution in [0, 0.1) is 9.39 Å². The number of carbonyl (C=O) groups is 1. The van der Waals surface area contributed by atoms with Crippen LogP contribution in [0.5, 0.6) is 0 Å². The van der Waals surface area contributed by atoms with Gasteiger partial charge in [0.05, 0.1) is 6.54 Å². The Bertz CT molecular complexity index is 572. The average molecular weight is 370 g/mol. The SMILES string of the molecule is O=C(CNc1cccc(F)c1)Nc1ccc(I)cc1. The largest absolute Gasteiger partial charge is 0.376 e. The van der Waals surface area contributed by atoms with Crippen LogP contribution in [-0.4, -0.2) is 12.5 Å². The second-order valence-corrected chi connectivity index (χ2v) is 5.16. The highest BCUT2D eigenvalue weighted by molar-refractivity contribution is 14.1. The zero-order valence-electron chi connectivity index (χ0n) is 9.99. The van der Waals surface area contributed by atoms with Gasteiger partial charge in [-0.1, -0.05) is 6.07 Å². The fraction of sp³-hybridized carbons (Fsp3) is 0.0714. The number of rotatable bonds is 4. The summed E-state index contributed by atoms with van der Waals surface area (Å²) in [6, 6.07) is 13.5. The fourth-order valence-electron chi connectivity index (χ4n) is 1.52. The van der Waals surface area contributed by atoms with Gasteiger partial charge in [0.15, 0.2) is 0 Å². The van der Waals surface area contributed by atoms with Crippen LogP contribution in [0.1, 0.15) is 0 Å². The van der Waals surface area contributed by atoms with E-state index in [4.69, 9.17) is 0 Å². The Morgan fingerprint density at radius 1 is 1.11 bits per heavy atom. The minimum atomic E-state index is -0.331. The molecule has 19 heavy (non-hydrogen) atoms. The number of amides is 1. The Labute approximate surface area is 124 Å². The molecule has 1 amide bonds. The molecule has 3 nitrogen and oxygen atoms in total. The minimum absolute atomic E-state index is 0.0927. The average Bonchev–Trinajstić information content (AvgIpc) is 2.39. The second-order valence-electron chi connectivity index (χ2n) is 3.92.